The van der Waals surface area contributed by atoms with Crippen molar-refractivity contribution < 1.29 is 0 Å². The van der Waals surface area contributed by atoms with Gasteiger partial charge in [0.1, 0.15) is 0 Å². The molecule has 0 aromatic heterocycles. The summed E-state index contributed by atoms with van der Waals surface area (Å²) in [6.07, 6.45) is 3.79. The van der Waals surface area contributed by atoms with E-state index in [9.17, 15) is 0 Å². The van der Waals surface area contributed by atoms with Crippen molar-refractivity contribution >= 4 is 31.9 Å². The Hall–Kier alpha value is -1.30. The Balaban J connectivity index is 2.33. The lowest BCUT2D eigenvalue weighted by molar-refractivity contribution is 0.975. The standard InChI is InChI=1S/C22H22Br2/c23-15-8-7-13-21(17-19-9-3-1-4-10-19)22(14-16-24)18-20-11-5-2-6-12-20/h1-6,9-12H,8,14-18H2/b22-21+. The molecular weight excluding hydrogens is 424 g/mol. The summed E-state index contributed by atoms with van der Waals surface area (Å²) in [5.74, 6) is 6.76. The molecule has 2 heteroatoms. The second-order valence-electron chi connectivity index (χ2n) is 5.59. The van der Waals surface area contributed by atoms with Gasteiger partial charge in [0.25, 0.3) is 0 Å². The van der Waals surface area contributed by atoms with Crippen molar-refractivity contribution in [2.75, 3.05) is 10.7 Å². The van der Waals surface area contributed by atoms with Crippen LogP contribution in [0.4, 0.5) is 0 Å². The molecule has 0 atom stereocenters. The summed E-state index contributed by atoms with van der Waals surface area (Å²) in [4.78, 5) is 0. The van der Waals surface area contributed by atoms with Crippen LogP contribution in [0.2, 0.25) is 0 Å². The van der Waals surface area contributed by atoms with Gasteiger partial charge in [0.15, 0.2) is 0 Å². The Kier molecular flexibility index (Phi) is 8.95. The molecule has 0 nitrogen and oxygen atoms in total. The van der Waals surface area contributed by atoms with Gasteiger partial charge < -0.3 is 0 Å². The van der Waals surface area contributed by atoms with Crippen LogP contribution in [0.5, 0.6) is 0 Å². The molecule has 0 bridgehead atoms. The van der Waals surface area contributed by atoms with E-state index in [-0.39, 0.29) is 0 Å². The van der Waals surface area contributed by atoms with Crippen molar-refractivity contribution in [2.24, 2.45) is 0 Å². The lowest BCUT2D eigenvalue weighted by Crippen LogP contribution is -2.00. The van der Waals surface area contributed by atoms with Crippen molar-refractivity contribution in [3.63, 3.8) is 0 Å². The zero-order valence-electron chi connectivity index (χ0n) is 13.8. The number of halogens is 2. The van der Waals surface area contributed by atoms with Crippen molar-refractivity contribution in [3.8, 4) is 11.8 Å². The number of alkyl halides is 2. The van der Waals surface area contributed by atoms with E-state index in [0.29, 0.717) is 0 Å². The van der Waals surface area contributed by atoms with E-state index in [4.69, 9.17) is 0 Å². The third-order valence-electron chi connectivity index (χ3n) is 3.77. The fourth-order valence-electron chi connectivity index (χ4n) is 2.58. The molecule has 2 aromatic rings. The van der Waals surface area contributed by atoms with Crippen LogP contribution < -0.4 is 0 Å². The number of allylic oxidation sites excluding steroid dienone is 2. The summed E-state index contributed by atoms with van der Waals surface area (Å²) >= 11 is 7.07. The molecule has 2 aromatic carbocycles. The van der Waals surface area contributed by atoms with Gasteiger partial charge in [-0.25, -0.2) is 0 Å². The van der Waals surface area contributed by atoms with Gasteiger partial charge in [-0.2, -0.15) is 0 Å². The Morgan fingerprint density at radius 3 is 1.88 bits per heavy atom. The van der Waals surface area contributed by atoms with E-state index < -0.39 is 0 Å². The summed E-state index contributed by atoms with van der Waals surface area (Å²) in [7, 11) is 0. The average Bonchev–Trinajstić information content (AvgIpc) is 2.62. The first-order valence-corrected chi connectivity index (χ1v) is 10.5. The molecule has 0 amide bonds. The highest BCUT2D eigenvalue weighted by Crippen LogP contribution is 2.20. The molecule has 0 spiro atoms. The van der Waals surface area contributed by atoms with Crippen LogP contribution in [-0.2, 0) is 12.8 Å². The summed E-state index contributed by atoms with van der Waals surface area (Å²) in [5, 5.41) is 1.89. The maximum Gasteiger partial charge on any atom is 0.0190 e. The third-order valence-corrected chi connectivity index (χ3v) is 4.56. The first-order chi connectivity index (χ1) is 11.8. The molecule has 0 N–H and O–H groups in total. The van der Waals surface area contributed by atoms with E-state index >= 15 is 0 Å². The van der Waals surface area contributed by atoms with E-state index in [0.717, 1.165) is 36.3 Å². The first-order valence-electron chi connectivity index (χ1n) is 8.23. The molecule has 0 unspecified atom stereocenters. The van der Waals surface area contributed by atoms with Gasteiger partial charge in [-0.15, -0.1) is 0 Å². The molecule has 0 aliphatic heterocycles. The zero-order valence-corrected chi connectivity index (χ0v) is 16.9. The van der Waals surface area contributed by atoms with E-state index in [1.165, 1.54) is 22.3 Å². The van der Waals surface area contributed by atoms with Crippen LogP contribution in [0.15, 0.2) is 71.8 Å². The largest absolute Gasteiger partial charge is 0.0974 e. The van der Waals surface area contributed by atoms with Gasteiger partial charge in [-0.1, -0.05) is 110 Å². The molecule has 24 heavy (non-hydrogen) atoms. The van der Waals surface area contributed by atoms with Crippen LogP contribution in [0.3, 0.4) is 0 Å². The Labute approximate surface area is 162 Å². The van der Waals surface area contributed by atoms with Crippen LogP contribution >= 0.6 is 31.9 Å². The second kappa shape index (κ2) is 11.3. The fourth-order valence-corrected chi connectivity index (χ4v) is 3.25. The minimum Gasteiger partial charge on any atom is -0.0974 e. The summed E-state index contributed by atoms with van der Waals surface area (Å²) < 4.78 is 0. The van der Waals surface area contributed by atoms with Crippen LogP contribution in [-0.4, -0.2) is 10.7 Å². The fraction of sp³-hybridized carbons (Fsp3) is 0.273. The van der Waals surface area contributed by atoms with Crippen molar-refractivity contribution in [1.82, 2.24) is 0 Å². The number of rotatable bonds is 7. The van der Waals surface area contributed by atoms with Crippen LogP contribution in [0, 0.1) is 11.8 Å². The SMILES string of the molecule is BrCCC#C/C(Cc1ccccc1)=C(/CCBr)Cc1ccccc1. The lowest BCUT2D eigenvalue weighted by atomic mass is 9.94. The van der Waals surface area contributed by atoms with Gasteiger partial charge in [-0.05, 0) is 24.0 Å². The lowest BCUT2D eigenvalue weighted by Gasteiger charge is -2.12. The predicted octanol–water partition coefficient (Wildman–Crippen LogP) is 6.34. The second-order valence-corrected chi connectivity index (χ2v) is 7.17. The highest BCUT2D eigenvalue weighted by Gasteiger charge is 2.07. The summed E-state index contributed by atoms with van der Waals surface area (Å²) in [5.41, 5.74) is 5.37. The van der Waals surface area contributed by atoms with Crippen LogP contribution in [0.25, 0.3) is 0 Å². The molecule has 0 aliphatic carbocycles. The van der Waals surface area contributed by atoms with E-state index in [1.54, 1.807) is 0 Å². The molecular formula is C22H22Br2. The first kappa shape index (κ1) is 19.0. The zero-order chi connectivity index (χ0) is 17.0. The maximum absolute atomic E-state index is 3.61. The molecule has 0 heterocycles. The predicted molar refractivity (Wildman–Crippen MR) is 112 cm³/mol. The Bertz CT molecular complexity index is 691. The summed E-state index contributed by atoms with van der Waals surface area (Å²) in [6.45, 7) is 0. The minimum atomic E-state index is 0.880. The molecule has 0 fully saturated rings. The maximum atomic E-state index is 3.61. The van der Waals surface area contributed by atoms with Gasteiger partial charge in [0.2, 0.25) is 0 Å². The molecule has 2 rings (SSSR count). The molecule has 0 radical (unpaired) electrons. The Morgan fingerprint density at radius 1 is 0.750 bits per heavy atom. The molecule has 0 saturated carbocycles. The molecule has 0 aliphatic rings. The van der Waals surface area contributed by atoms with Crippen molar-refractivity contribution in [3.05, 3.63) is 82.9 Å². The molecule has 0 saturated heterocycles. The normalized spacial score (nSPS) is 11.4. The highest BCUT2D eigenvalue weighted by molar-refractivity contribution is 9.09. The smallest absolute Gasteiger partial charge is 0.0190 e. The van der Waals surface area contributed by atoms with Gasteiger partial charge >= 0.3 is 0 Å². The van der Waals surface area contributed by atoms with E-state index in [1.807, 2.05) is 0 Å². The van der Waals surface area contributed by atoms with Crippen molar-refractivity contribution in [2.45, 2.75) is 25.7 Å². The highest BCUT2D eigenvalue weighted by atomic mass is 79.9. The topological polar surface area (TPSA) is 0 Å². The average molecular weight is 446 g/mol. The van der Waals surface area contributed by atoms with Crippen LogP contribution in [0.1, 0.15) is 24.0 Å². The number of hydrogen-bond donors (Lipinski definition) is 0. The Morgan fingerprint density at radius 2 is 1.33 bits per heavy atom. The summed E-state index contributed by atoms with van der Waals surface area (Å²) in [6, 6.07) is 21.3. The minimum absolute atomic E-state index is 0.880. The van der Waals surface area contributed by atoms with E-state index in [2.05, 4.69) is 104 Å². The monoisotopic (exact) mass is 444 g/mol. The molecule has 124 valence electrons. The van der Waals surface area contributed by atoms with Gasteiger partial charge in [-0.3, -0.25) is 0 Å². The number of benzene rings is 2. The quantitative estimate of drug-likeness (QED) is 0.344. The number of hydrogen-bond acceptors (Lipinski definition) is 0. The van der Waals surface area contributed by atoms with Gasteiger partial charge in [0.05, 0.1) is 0 Å². The van der Waals surface area contributed by atoms with Gasteiger partial charge in [0, 0.05) is 29.1 Å². The third kappa shape index (κ3) is 6.67. The van der Waals surface area contributed by atoms with Crippen molar-refractivity contribution in [1.29, 1.82) is 0 Å².